The van der Waals surface area contributed by atoms with Crippen LogP contribution in [0.25, 0.3) is 0 Å². The molecule has 0 aromatic carbocycles. The van der Waals surface area contributed by atoms with E-state index in [1.807, 2.05) is 4.90 Å². The number of alkyl halides is 2. The average Bonchev–Trinajstić information content (AvgIpc) is 3.36. The molecule has 0 amide bonds. The molecule has 0 radical (unpaired) electrons. The number of nitriles is 1. The summed E-state index contributed by atoms with van der Waals surface area (Å²) < 4.78 is 32.3. The van der Waals surface area contributed by atoms with E-state index in [9.17, 15) is 14.0 Å². The second-order valence-corrected chi connectivity index (χ2v) is 11.0. The number of hydrogen-bond donors (Lipinski definition) is 2. The Hall–Kier alpha value is -3.44. The number of ether oxygens (including phenoxy) is 1. The molecule has 1 fully saturated rings. The van der Waals surface area contributed by atoms with Crippen molar-refractivity contribution in [1.82, 2.24) is 19.9 Å². The minimum Gasteiger partial charge on any atom is -0.467 e. The first-order chi connectivity index (χ1) is 17.3. The fourth-order valence-electron chi connectivity index (χ4n) is 4.64. The molecule has 10 nitrogen and oxygen atoms in total. The van der Waals surface area contributed by atoms with Crippen LogP contribution in [-0.2, 0) is 10.5 Å². The smallest absolute Gasteiger partial charge is 0.322 e. The summed E-state index contributed by atoms with van der Waals surface area (Å²) in [6.07, 6.45) is -1.11. The monoisotopic (exact) mass is 531 g/mol. The number of halogens is 2. The summed E-state index contributed by atoms with van der Waals surface area (Å²) >= 11 is 3.22. The summed E-state index contributed by atoms with van der Waals surface area (Å²) in [5.74, 6) is 1.39. The van der Waals surface area contributed by atoms with Gasteiger partial charge in [-0.2, -0.15) is 20.2 Å². The van der Waals surface area contributed by atoms with Crippen molar-refractivity contribution in [2.24, 2.45) is 0 Å². The lowest BCUT2D eigenvalue weighted by atomic mass is 9.88. The van der Waals surface area contributed by atoms with Crippen molar-refractivity contribution in [3.8, 4) is 12.1 Å². The Morgan fingerprint density at radius 1 is 1.31 bits per heavy atom. The van der Waals surface area contributed by atoms with E-state index in [0.717, 1.165) is 16.2 Å². The van der Waals surface area contributed by atoms with E-state index in [2.05, 4.69) is 26.0 Å². The van der Waals surface area contributed by atoms with Crippen molar-refractivity contribution in [3.05, 3.63) is 39.9 Å². The number of aromatic nitrogens is 4. The zero-order valence-electron chi connectivity index (χ0n) is 19.5. The van der Waals surface area contributed by atoms with Gasteiger partial charge in [-0.3, -0.25) is 0 Å². The second kappa shape index (κ2) is 9.21. The van der Waals surface area contributed by atoms with Crippen molar-refractivity contribution in [1.29, 1.82) is 5.26 Å². The minimum atomic E-state index is -2.65. The van der Waals surface area contributed by atoms with Gasteiger partial charge in [0.25, 0.3) is 6.43 Å². The Balaban J connectivity index is 1.47. The van der Waals surface area contributed by atoms with Gasteiger partial charge in [0.2, 0.25) is 11.9 Å². The van der Waals surface area contributed by atoms with E-state index in [1.165, 1.54) is 29.5 Å². The van der Waals surface area contributed by atoms with E-state index in [1.54, 1.807) is 30.8 Å². The van der Waals surface area contributed by atoms with Crippen molar-refractivity contribution >= 4 is 45.8 Å². The fourth-order valence-corrected chi connectivity index (χ4v) is 7.45. The van der Waals surface area contributed by atoms with Gasteiger partial charge >= 0.3 is 6.01 Å². The highest BCUT2D eigenvalue weighted by Crippen LogP contribution is 2.57. The van der Waals surface area contributed by atoms with Gasteiger partial charge in [0.15, 0.2) is 0 Å². The highest BCUT2D eigenvalue weighted by molar-refractivity contribution is 8.00. The molecule has 2 aliphatic heterocycles. The van der Waals surface area contributed by atoms with Crippen LogP contribution in [0.4, 0.5) is 31.5 Å². The zero-order valence-corrected chi connectivity index (χ0v) is 21.1. The van der Waals surface area contributed by atoms with Crippen molar-refractivity contribution in [3.63, 3.8) is 0 Å². The molecule has 1 atom stereocenters. The van der Waals surface area contributed by atoms with Crippen LogP contribution in [-0.4, -0.2) is 53.1 Å². The van der Waals surface area contributed by atoms with Crippen LogP contribution in [0, 0.1) is 11.3 Å². The van der Waals surface area contributed by atoms with Gasteiger partial charge in [0.05, 0.1) is 30.0 Å². The zero-order chi connectivity index (χ0) is 25.6. The molecule has 0 aliphatic carbocycles. The third-order valence-corrected chi connectivity index (χ3v) is 9.03. The first kappa shape index (κ1) is 24.3. The minimum absolute atomic E-state index is 0.0128. The molecule has 5 heterocycles. The average molecular weight is 532 g/mol. The number of thioether (sulfide) groups is 1. The molecule has 3 aromatic heterocycles. The van der Waals surface area contributed by atoms with Crippen LogP contribution in [0.1, 0.15) is 34.5 Å². The van der Waals surface area contributed by atoms with Gasteiger partial charge in [-0.15, -0.1) is 23.1 Å². The predicted octanol–water partition coefficient (Wildman–Crippen LogP) is 3.17. The maximum absolute atomic E-state index is 13.6. The summed E-state index contributed by atoms with van der Waals surface area (Å²) in [4.78, 5) is 21.7. The number of nitrogens with two attached hydrogens (primary N) is 2. The van der Waals surface area contributed by atoms with E-state index < -0.39 is 19.0 Å². The normalized spacial score (nSPS) is 16.5. The van der Waals surface area contributed by atoms with Crippen LogP contribution in [0.5, 0.6) is 6.01 Å². The lowest BCUT2D eigenvalue weighted by Crippen LogP contribution is -2.57. The number of pyridine rings is 1. The molecule has 1 spiro atoms. The molecule has 0 saturated carbocycles. The van der Waals surface area contributed by atoms with E-state index in [4.69, 9.17) is 16.2 Å². The van der Waals surface area contributed by atoms with Crippen molar-refractivity contribution < 1.29 is 13.5 Å². The SMILES string of the molecule is COc1nc(N2CC3(C2)SCc2sc(N)c(C#N)c23)nc(N(CC(F)F)C(C)c2cccnc2N)n1. The van der Waals surface area contributed by atoms with E-state index >= 15 is 0 Å². The Kier molecular flexibility index (Phi) is 6.21. The quantitative estimate of drug-likeness (QED) is 0.464. The van der Waals surface area contributed by atoms with Gasteiger partial charge in [-0.05, 0) is 13.0 Å². The molecule has 1 unspecified atom stereocenters. The molecule has 2 aliphatic rings. The maximum Gasteiger partial charge on any atom is 0.322 e. The Morgan fingerprint density at radius 2 is 2.08 bits per heavy atom. The third-order valence-electron chi connectivity index (χ3n) is 6.39. The molecule has 14 heteroatoms. The molecular formula is C22H23F2N9OS2. The molecular weight excluding hydrogens is 508 g/mol. The third kappa shape index (κ3) is 4.01. The van der Waals surface area contributed by atoms with Crippen molar-refractivity contribution in [2.75, 3.05) is 48.0 Å². The van der Waals surface area contributed by atoms with Crippen LogP contribution < -0.4 is 26.0 Å². The summed E-state index contributed by atoms with van der Waals surface area (Å²) in [5.41, 5.74) is 14.2. The Morgan fingerprint density at radius 3 is 2.75 bits per heavy atom. The Bertz CT molecular complexity index is 1340. The summed E-state index contributed by atoms with van der Waals surface area (Å²) in [6, 6.07) is 5.10. The topological polar surface area (TPSA) is 143 Å². The number of nitrogen functional groups attached to an aromatic ring is 2. The van der Waals surface area contributed by atoms with Gasteiger partial charge in [-0.25, -0.2) is 13.8 Å². The number of hydrogen-bond acceptors (Lipinski definition) is 12. The first-order valence-corrected chi connectivity index (χ1v) is 12.8. The highest BCUT2D eigenvalue weighted by atomic mass is 32.2. The van der Waals surface area contributed by atoms with Gasteiger partial charge in [-0.1, -0.05) is 6.07 Å². The lowest BCUT2D eigenvalue weighted by Gasteiger charge is -2.47. The number of thiophene rings is 1. The second-order valence-electron chi connectivity index (χ2n) is 8.51. The largest absolute Gasteiger partial charge is 0.467 e. The number of nitrogens with zero attached hydrogens (tertiary/aromatic N) is 7. The van der Waals surface area contributed by atoms with Crippen LogP contribution in [0.3, 0.4) is 0 Å². The summed E-state index contributed by atoms with van der Waals surface area (Å²) in [5, 5.41) is 10.2. The predicted molar refractivity (Wildman–Crippen MR) is 135 cm³/mol. The molecule has 5 rings (SSSR count). The van der Waals surface area contributed by atoms with Gasteiger partial charge < -0.3 is 26.0 Å². The van der Waals surface area contributed by atoms with Crippen molar-refractivity contribution in [2.45, 2.75) is 29.9 Å². The molecule has 36 heavy (non-hydrogen) atoms. The number of anilines is 4. The van der Waals surface area contributed by atoms with E-state index in [0.29, 0.717) is 35.2 Å². The van der Waals surface area contributed by atoms with Gasteiger partial charge in [0, 0.05) is 41.0 Å². The lowest BCUT2D eigenvalue weighted by molar-refractivity contribution is 0.151. The summed E-state index contributed by atoms with van der Waals surface area (Å²) in [7, 11) is 1.41. The molecule has 1 saturated heterocycles. The Labute approximate surface area is 214 Å². The van der Waals surface area contributed by atoms with E-state index in [-0.39, 0.29) is 22.5 Å². The highest BCUT2D eigenvalue weighted by Gasteiger charge is 2.53. The van der Waals surface area contributed by atoms with Crippen LogP contribution in [0.15, 0.2) is 18.3 Å². The summed E-state index contributed by atoms with van der Waals surface area (Å²) in [6.45, 7) is 2.21. The first-order valence-electron chi connectivity index (χ1n) is 11.0. The number of methoxy groups -OCH3 is 1. The maximum atomic E-state index is 13.6. The molecule has 188 valence electrons. The van der Waals surface area contributed by atoms with Crippen LogP contribution in [0.2, 0.25) is 0 Å². The molecule has 0 bridgehead atoms. The van der Waals surface area contributed by atoms with Crippen LogP contribution >= 0.6 is 23.1 Å². The van der Waals surface area contributed by atoms with Gasteiger partial charge in [0.1, 0.15) is 16.9 Å². The number of fused-ring (bicyclic) bond motifs is 2. The standard InChI is InChI=1S/C22H23F2N9OS2/c1-11(12-4-3-5-28-17(12)26)33(7-15(23)24)20-29-19(30-21(31-20)34-2)32-9-22(10-32)16-13(6-25)18(27)36-14(16)8-35-22/h3-5,11,15H,7-10,27H2,1-2H3,(H2,26,28). The fraction of sp³-hybridized carbons (Fsp3) is 0.409. The number of rotatable bonds is 7. The molecule has 3 aromatic rings. The molecule has 4 N–H and O–H groups in total.